The number of hydrogen-bond donors (Lipinski definition) is 1. The van der Waals surface area contributed by atoms with Crippen molar-refractivity contribution in [2.45, 2.75) is 32.7 Å². The summed E-state index contributed by atoms with van der Waals surface area (Å²) in [5, 5.41) is 0. The molecule has 0 spiro atoms. The number of carbonyl (C=O) groups is 1. The van der Waals surface area contributed by atoms with Crippen molar-refractivity contribution in [1.29, 1.82) is 0 Å². The topological polar surface area (TPSA) is 58.8 Å². The number of hydrogen-bond acceptors (Lipinski definition) is 4. The van der Waals surface area contributed by atoms with Crippen LogP contribution in [-0.2, 0) is 9.53 Å². The lowest BCUT2D eigenvalue weighted by Gasteiger charge is -2.26. The second kappa shape index (κ2) is 10.2. The number of carbonyl (C=O) groups excluding carboxylic acids is 1. The second-order valence-electron chi connectivity index (χ2n) is 5.71. The molecule has 0 saturated heterocycles. The largest absolute Gasteiger partial charge is 0.383 e. The maximum Gasteiger partial charge on any atom is 0.239 e. The van der Waals surface area contributed by atoms with Gasteiger partial charge in [0.15, 0.2) is 0 Å². The fourth-order valence-electron chi connectivity index (χ4n) is 1.95. The Morgan fingerprint density at radius 1 is 1.21 bits per heavy atom. The maximum atomic E-state index is 12.3. The van der Waals surface area contributed by atoms with E-state index in [1.54, 1.807) is 7.11 Å². The van der Waals surface area contributed by atoms with Crippen LogP contribution in [-0.4, -0.2) is 69.2 Å². The van der Waals surface area contributed by atoms with Gasteiger partial charge in [0.25, 0.3) is 0 Å². The van der Waals surface area contributed by atoms with Crippen molar-refractivity contribution < 1.29 is 9.53 Å². The molecule has 2 N–H and O–H groups in total. The number of methoxy groups -OCH3 is 1. The number of nitrogens with two attached hydrogens (primary N) is 1. The molecule has 0 aliphatic carbocycles. The number of nitrogens with zero attached hydrogens (tertiary/aromatic N) is 2. The molecule has 0 aromatic carbocycles. The minimum absolute atomic E-state index is 0.0458. The molecule has 0 aromatic rings. The third kappa shape index (κ3) is 8.97. The summed E-state index contributed by atoms with van der Waals surface area (Å²) in [5.74, 6) is 0.481. The van der Waals surface area contributed by atoms with Crippen molar-refractivity contribution >= 4 is 5.91 Å². The summed E-state index contributed by atoms with van der Waals surface area (Å²) >= 11 is 0. The Balaban J connectivity index is 4.33. The van der Waals surface area contributed by atoms with Crippen molar-refractivity contribution in [3.8, 4) is 0 Å². The standard InChI is InChI=1S/C14H31N3O2/c1-12(2)11-13(15)14(18)17(9-10-19-5)8-6-7-16(3)4/h12-13H,6-11,15H2,1-5H3/t13-/m0/s1. The highest BCUT2D eigenvalue weighted by Crippen LogP contribution is 2.06. The fraction of sp³-hybridized carbons (Fsp3) is 0.929. The highest BCUT2D eigenvalue weighted by atomic mass is 16.5. The smallest absolute Gasteiger partial charge is 0.239 e. The Morgan fingerprint density at radius 2 is 1.84 bits per heavy atom. The maximum absolute atomic E-state index is 12.3. The minimum atomic E-state index is -0.392. The summed E-state index contributed by atoms with van der Waals surface area (Å²) in [5.41, 5.74) is 5.98. The number of ether oxygens (including phenoxy) is 1. The van der Waals surface area contributed by atoms with E-state index in [1.165, 1.54) is 0 Å². The third-order valence-corrected chi connectivity index (χ3v) is 2.95. The van der Waals surface area contributed by atoms with E-state index in [0.29, 0.717) is 19.1 Å². The Kier molecular flexibility index (Phi) is 9.83. The lowest BCUT2D eigenvalue weighted by molar-refractivity contribution is -0.133. The Labute approximate surface area is 118 Å². The average molecular weight is 273 g/mol. The molecule has 0 radical (unpaired) electrons. The molecule has 0 aromatic heterocycles. The van der Waals surface area contributed by atoms with Crippen LogP contribution < -0.4 is 5.73 Å². The van der Waals surface area contributed by atoms with Gasteiger partial charge in [-0.05, 0) is 39.4 Å². The average Bonchev–Trinajstić information content (AvgIpc) is 2.31. The van der Waals surface area contributed by atoms with Gasteiger partial charge < -0.3 is 20.3 Å². The molecular weight excluding hydrogens is 242 g/mol. The van der Waals surface area contributed by atoms with E-state index in [4.69, 9.17) is 10.5 Å². The van der Waals surface area contributed by atoms with E-state index in [2.05, 4.69) is 18.7 Å². The summed E-state index contributed by atoms with van der Waals surface area (Å²) in [7, 11) is 5.72. The normalized spacial score (nSPS) is 13.1. The first-order chi connectivity index (χ1) is 8.88. The molecule has 114 valence electrons. The molecule has 0 aliphatic heterocycles. The van der Waals surface area contributed by atoms with Crippen LogP contribution in [0.5, 0.6) is 0 Å². The van der Waals surface area contributed by atoms with Gasteiger partial charge in [0.2, 0.25) is 5.91 Å². The zero-order valence-corrected chi connectivity index (χ0v) is 13.2. The van der Waals surface area contributed by atoms with Crippen LogP contribution >= 0.6 is 0 Å². The first kappa shape index (κ1) is 18.4. The van der Waals surface area contributed by atoms with Crippen LogP contribution in [0.4, 0.5) is 0 Å². The van der Waals surface area contributed by atoms with E-state index in [1.807, 2.05) is 19.0 Å². The molecule has 0 unspecified atom stereocenters. The molecule has 5 nitrogen and oxygen atoms in total. The van der Waals surface area contributed by atoms with Gasteiger partial charge in [-0.2, -0.15) is 0 Å². The van der Waals surface area contributed by atoms with Gasteiger partial charge in [0.05, 0.1) is 12.6 Å². The molecule has 1 atom stereocenters. The molecule has 0 heterocycles. The van der Waals surface area contributed by atoms with Crippen LogP contribution in [0.2, 0.25) is 0 Å². The molecule has 0 saturated carbocycles. The second-order valence-corrected chi connectivity index (χ2v) is 5.71. The summed E-state index contributed by atoms with van der Waals surface area (Å²) in [6.07, 6.45) is 1.69. The predicted octanol–water partition coefficient (Wildman–Crippen LogP) is 0.787. The van der Waals surface area contributed by atoms with Gasteiger partial charge in [-0.15, -0.1) is 0 Å². The van der Waals surface area contributed by atoms with E-state index < -0.39 is 6.04 Å². The van der Waals surface area contributed by atoms with E-state index in [-0.39, 0.29) is 5.91 Å². The molecule has 0 aliphatic rings. The molecule has 19 heavy (non-hydrogen) atoms. The molecule has 0 bridgehead atoms. The summed E-state index contributed by atoms with van der Waals surface area (Å²) in [6, 6.07) is -0.392. The minimum Gasteiger partial charge on any atom is -0.383 e. The molecule has 0 fully saturated rings. The van der Waals surface area contributed by atoms with Crippen molar-refractivity contribution in [3.05, 3.63) is 0 Å². The summed E-state index contributed by atoms with van der Waals surface area (Å²) < 4.78 is 5.07. The van der Waals surface area contributed by atoms with Gasteiger partial charge in [0, 0.05) is 20.2 Å². The zero-order chi connectivity index (χ0) is 14.8. The van der Waals surface area contributed by atoms with Crippen LogP contribution in [0.3, 0.4) is 0 Å². The Bertz CT molecular complexity index is 245. The summed E-state index contributed by atoms with van der Waals surface area (Å²) in [4.78, 5) is 16.2. The molecule has 5 heteroatoms. The first-order valence-corrected chi connectivity index (χ1v) is 7.06. The molecule has 0 rings (SSSR count). The van der Waals surface area contributed by atoms with E-state index >= 15 is 0 Å². The van der Waals surface area contributed by atoms with Gasteiger partial charge in [0.1, 0.15) is 0 Å². The lowest BCUT2D eigenvalue weighted by atomic mass is 10.0. The molecule has 1 amide bonds. The van der Waals surface area contributed by atoms with Crippen LogP contribution in [0.15, 0.2) is 0 Å². The van der Waals surface area contributed by atoms with Crippen LogP contribution in [0.1, 0.15) is 26.7 Å². The van der Waals surface area contributed by atoms with Gasteiger partial charge >= 0.3 is 0 Å². The zero-order valence-electron chi connectivity index (χ0n) is 13.2. The number of amides is 1. The van der Waals surface area contributed by atoms with Crippen molar-refractivity contribution in [3.63, 3.8) is 0 Å². The molecular formula is C14H31N3O2. The SMILES string of the molecule is COCCN(CCCN(C)C)C(=O)[C@@H](N)CC(C)C. The monoisotopic (exact) mass is 273 g/mol. The third-order valence-electron chi connectivity index (χ3n) is 2.95. The van der Waals surface area contributed by atoms with Crippen molar-refractivity contribution in [1.82, 2.24) is 9.80 Å². The van der Waals surface area contributed by atoms with Crippen molar-refractivity contribution in [2.24, 2.45) is 11.7 Å². The van der Waals surface area contributed by atoms with Gasteiger partial charge in [-0.3, -0.25) is 4.79 Å². The van der Waals surface area contributed by atoms with Gasteiger partial charge in [-0.1, -0.05) is 13.8 Å². The first-order valence-electron chi connectivity index (χ1n) is 7.06. The Hall–Kier alpha value is -0.650. The highest BCUT2D eigenvalue weighted by molar-refractivity contribution is 5.81. The fourth-order valence-corrected chi connectivity index (χ4v) is 1.95. The van der Waals surface area contributed by atoms with E-state index in [0.717, 1.165) is 25.9 Å². The predicted molar refractivity (Wildman–Crippen MR) is 79.1 cm³/mol. The lowest BCUT2D eigenvalue weighted by Crippen LogP contribution is -2.46. The van der Waals surface area contributed by atoms with E-state index in [9.17, 15) is 4.79 Å². The number of rotatable bonds is 10. The van der Waals surface area contributed by atoms with Crippen molar-refractivity contribution in [2.75, 3.05) is 47.4 Å². The van der Waals surface area contributed by atoms with Gasteiger partial charge in [-0.25, -0.2) is 0 Å². The van der Waals surface area contributed by atoms with Crippen LogP contribution in [0, 0.1) is 5.92 Å². The highest BCUT2D eigenvalue weighted by Gasteiger charge is 2.21. The van der Waals surface area contributed by atoms with Crippen LogP contribution in [0.25, 0.3) is 0 Å². The summed E-state index contributed by atoms with van der Waals surface area (Å²) in [6.45, 7) is 7.05. The quantitative estimate of drug-likeness (QED) is 0.639. The Morgan fingerprint density at radius 3 is 2.32 bits per heavy atom.